The van der Waals surface area contributed by atoms with Crippen LogP contribution in [-0.4, -0.2) is 12.0 Å². The molecule has 2 heteroatoms. The smallest absolute Gasteiger partial charge is 0.0459 e. The molecule has 2 aromatic rings. The Morgan fingerprint density at radius 2 is 2.11 bits per heavy atom. The van der Waals surface area contributed by atoms with Gasteiger partial charge in [-0.15, -0.1) is 0 Å². The van der Waals surface area contributed by atoms with Gasteiger partial charge in [0.25, 0.3) is 0 Å². The average Bonchev–Trinajstić information content (AvgIpc) is 2.63. The Bertz CT molecular complexity index is 592. The standard InChI is InChI=1S/C16H22N2/c1-10-5-6-12-11(7-10)15-13(17-4)8-16(2,3)9-14(15)18-12/h5-7,13,17-18H,8-9H2,1-4H3. The van der Waals surface area contributed by atoms with Crippen LogP contribution in [0.1, 0.15) is 43.1 Å². The molecule has 2 nitrogen and oxygen atoms in total. The molecule has 0 aliphatic heterocycles. The fourth-order valence-electron chi connectivity index (χ4n) is 3.37. The lowest BCUT2D eigenvalue weighted by Crippen LogP contribution is -2.31. The lowest BCUT2D eigenvalue weighted by molar-refractivity contribution is 0.264. The topological polar surface area (TPSA) is 27.8 Å². The summed E-state index contributed by atoms with van der Waals surface area (Å²) in [5.41, 5.74) is 5.91. The summed E-state index contributed by atoms with van der Waals surface area (Å²) in [6, 6.07) is 7.18. The van der Waals surface area contributed by atoms with Gasteiger partial charge in [0.1, 0.15) is 0 Å². The number of hydrogen-bond acceptors (Lipinski definition) is 1. The van der Waals surface area contributed by atoms with E-state index in [2.05, 4.69) is 56.3 Å². The lowest BCUT2D eigenvalue weighted by Gasteiger charge is -2.35. The molecular formula is C16H22N2. The zero-order valence-electron chi connectivity index (χ0n) is 11.7. The van der Waals surface area contributed by atoms with Crippen LogP contribution < -0.4 is 5.32 Å². The first-order chi connectivity index (χ1) is 8.50. The number of H-pyrrole nitrogens is 1. The maximum atomic E-state index is 3.62. The highest BCUT2D eigenvalue weighted by molar-refractivity contribution is 5.86. The van der Waals surface area contributed by atoms with E-state index in [1.165, 1.54) is 34.1 Å². The fraction of sp³-hybridized carbons (Fsp3) is 0.500. The summed E-state index contributed by atoms with van der Waals surface area (Å²) in [6.07, 6.45) is 2.35. The predicted octanol–water partition coefficient (Wildman–Crippen LogP) is 3.71. The summed E-state index contributed by atoms with van der Waals surface area (Å²) < 4.78 is 0. The summed E-state index contributed by atoms with van der Waals surface area (Å²) in [5.74, 6) is 0. The molecule has 96 valence electrons. The van der Waals surface area contributed by atoms with Gasteiger partial charge in [0.05, 0.1) is 0 Å². The predicted molar refractivity (Wildman–Crippen MR) is 76.9 cm³/mol. The van der Waals surface area contributed by atoms with Crippen molar-refractivity contribution in [2.24, 2.45) is 5.41 Å². The van der Waals surface area contributed by atoms with Gasteiger partial charge in [-0.05, 0) is 49.9 Å². The van der Waals surface area contributed by atoms with E-state index < -0.39 is 0 Å². The van der Waals surface area contributed by atoms with E-state index in [1.807, 2.05) is 0 Å². The van der Waals surface area contributed by atoms with Gasteiger partial charge in [-0.25, -0.2) is 0 Å². The Hall–Kier alpha value is -1.28. The highest BCUT2D eigenvalue weighted by atomic mass is 14.9. The molecule has 2 N–H and O–H groups in total. The Morgan fingerprint density at radius 1 is 1.33 bits per heavy atom. The van der Waals surface area contributed by atoms with Gasteiger partial charge in [-0.2, -0.15) is 0 Å². The van der Waals surface area contributed by atoms with Crippen LogP contribution in [0.3, 0.4) is 0 Å². The van der Waals surface area contributed by atoms with Crippen molar-refractivity contribution in [1.82, 2.24) is 10.3 Å². The van der Waals surface area contributed by atoms with E-state index in [4.69, 9.17) is 0 Å². The van der Waals surface area contributed by atoms with Gasteiger partial charge in [-0.1, -0.05) is 25.5 Å². The molecular weight excluding hydrogens is 220 g/mol. The third-order valence-electron chi connectivity index (χ3n) is 4.18. The molecule has 0 amide bonds. The first-order valence-corrected chi connectivity index (χ1v) is 6.78. The summed E-state index contributed by atoms with van der Waals surface area (Å²) in [4.78, 5) is 3.62. The normalized spacial score (nSPS) is 22.1. The van der Waals surface area contributed by atoms with Crippen LogP contribution in [0.2, 0.25) is 0 Å². The largest absolute Gasteiger partial charge is 0.358 e. The van der Waals surface area contributed by atoms with E-state index in [9.17, 15) is 0 Å². The third-order valence-corrected chi connectivity index (χ3v) is 4.18. The minimum Gasteiger partial charge on any atom is -0.358 e. The monoisotopic (exact) mass is 242 g/mol. The van der Waals surface area contributed by atoms with Crippen LogP contribution in [0, 0.1) is 12.3 Å². The number of benzene rings is 1. The minimum absolute atomic E-state index is 0.372. The maximum Gasteiger partial charge on any atom is 0.0459 e. The number of nitrogens with one attached hydrogen (secondary N) is 2. The van der Waals surface area contributed by atoms with Crippen LogP contribution in [0.15, 0.2) is 18.2 Å². The summed E-state index contributed by atoms with van der Waals surface area (Å²) >= 11 is 0. The second-order valence-corrected chi connectivity index (χ2v) is 6.45. The van der Waals surface area contributed by atoms with Crippen LogP contribution in [0.25, 0.3) is 10.9 Å². The SMILES string of the molecule is CNC1CC(C)(C)Cc2[nH]c3ccc(C)cc3c21. The Kier molecular flexibility index (Phi) is 2.53. The fourth-order valence-corrected chi connectivity index (χ4v) is 3.37. The lowest BCUT2D eigenvalue weighted by atomic mass is 9.74. The highest BCUT2D eigenvalue weighted by Gasteiger charge is 2.33. The Balaban J connectivity index is 2.24. The van der Waals surface area contributed by atoms with Gasteiger partial charge in [-0.3, -0.25) is 0 Å². The van der Waals surface area contributed by atoms with E-state index in [0.717, 1.165) is 6.42 Å². The first kappa shape index (κ1) is 11.8. The van der Waals surface area contributed by atoms with Gasteiger partial charge in [0.2, 0.25) is 0 Å². The zero-order valence-corrected chi connectivity index (χ0v) is 11.7. The molecule has 0 radical (unpaired) electrons. The van der Waals surface area contributed by atoms with Crippen molar-refractivity contribution in [3.63, 3.8) is 0 Å². The minimum atomic E-state index is 0.372. The average molecular weight is 242 g/mol. The molecule has 0 fully saturated rings. The van der Waals surface area contributed by atoms with Crippen molar-refractivity contribution in [2.45, 2.75) is 39.7 Å². The quantitative estimate of drug-likeness (QED) is 0.784. The molecule has 1 aliphatic carbocycles. The van der Waals surface area contributed by atoms with Crippen LogP contribution in [-0.2, 0) is 6.42 Å². The summed E-state index contributed by atoms with van der Waals surface area (Å²) in [6.45, 7) is 6.88. The van der Waals surface area contributed by atoms with Gasteiger partial charge >= 0.3 is 0 Å². The second-order valence-electron chi connectivity index (χ2n) is 6.45. The summed E-state index contributed by atoms with van der Waals surface area (Å²) in [5, 5.41) is 4.90. The molecule has 1 unspecified atom stereocenters. The van der Waals surface area contributed by atoms with E-state index in [1.54, 1.807) is 0 Å². The van der Waals surface area contributed by atoms with Crippen molar-refractivity contribution in [2.75, 3.05) is 7.05 Å². The Labute approximate surface area is 109 Å². The highest BCUT2D eigenvalue weighted by Crippen LogP contribution is 2.43. The number of fused-ring (bicyclic) bond motifs is 3. The van der Waals surface area contributed by atoms with Crippen LogP contribution >= 0.6 is 0 Å². The molecule has 3 rings (SSSR count). The molecule has 1 aromatic carbocycles. The molecule has 0 spiro atoms. The molecule has 0 bridgehead atoms. The van der Waals surface area contributed by atoms with E-state index in [0.29, 0.717) is 11.5 Å². The zero-order chi connectivity index (χ0) is 12.9. The number of aromatic nitrogens is 1. The van der Waals surface area contributed by atoms with Gasteiger partial charge in [0, 0.05) is 22.6 Å². The first-order valence-electron chi connectivity index (χ1n) is 6.78. The van der Waals surface area contributed by atoms with Crippen molar-refractivity contribution in [3.05, 3.63) is 35.0 Å². The number of rotatable bonds is 1. The van der Waals surface area contributed by atoms with Gasteiger partial charge < -0.3 is 10.3 Å². The molecule has 1 aromatic heterocycles. The molecule has 1 aliphatic rings. The maximum absolute atomic E-state index is 3.62. The van der Waals surface area contributed by atoms with Gasteiger partial charge in [0.15, 0.2) is 0 Å². The molecule has 1 atom stereocenters. The number of hydrogen-bond donors (Lipinski definition) is 2. The van der Waals surface area contributed by atoms with Crippen molar-refractivity contribution in [3.8, 4) is 0 Å². The van der Waals surface area contributed by atoms with Crippen LogP contribution in [0.4, 0.5) is 0 Å². The van der Waals surface area contributed by atoms with Crippen molar-refractivity contribution < 1.29 is 0 Å². The molecule has 1 heterocycles. The van der Waals surface area contributed by atoms with Crippen molar-refractivity contribution in [1.29, 1.82) is 0 Å². The third kappa shape index (κ3) is 1.76. The molecule has 18 heavy (non-hydrogen) atoms. The van der Waals surface area contributed by atoms with Crippen LogP contribution in [0.5, 0.6) is 0 Å². The molecule has 0 saturated carbocycles. The number of aryl methyl sites for hydroxylation is 1. The van der Waals surface area contributed by atoms with E-state index >= 15 is 0 Å². The number of aromatic amines is 1. The summed E-state index contributed by atoms with van der Waals surface area (Å²) in [7, 11) is 2.07. The van der Waals surface area contributed by atoms with E-state index in [-0.39, 0.29) is 0 Å². The van der Waals surface area contributed by atoms with Crippen molar-refractivity contribution >= 4 is 10.9 Å². The molecule has 0 saturated heterocycles. The second kappa shape index (κ2) is 3.86. The Morgan fingerprint density at radius 3 is 2.83 bits per heavy atom.